The Hall–Kier alpha value is -2.40. The molecule has 1 unspecified atom stereocenters. The van der Waals surface area contributed by atoms with Crippen LogP contribution in [0, 0.1) is 4.78 Å². The van der Waals surface area contributed by atoms with Crippen molar-refractivity contribution < 1.29 is 8.95 Å². The summed E-state index contributed by atoms with van der Waals surface area (Å²) < 4.78 is 25.3. The zero-order valence-corrected chi connectivity index (χ0v) is 14.2. The van der Waals surface area contributed by atoms with E-state index in [1.165, 1.54) is 5.56 Å². The molecule has 0 fully saturated rings. The average Bonchev–Trinajstić information content (AvgIpc) is 2.59. The van der Waals surface area contributed by atoms with E-state index in [1.807, 2.05) is 24.3 Å². The first-order valence-corrected chi connectivity index (χ1v) is 9.74. The number of methoxy groups -OCH3 is 1. The highest BCUT2D eigenvalue weighted by Crippen LogP contribution is 2.32. The minimum absolute atomic E-state index is 0.354. The Morgan fingerprint density at radius 3 is 2.83 bits per heavy atom. The van der Waals surface area contributed by atoms with Crippen molar-refractivity contribution in [2.24, 2.45) is 0 Å². The molecule has 0 aliphatic carbocycles. The Morgan fingerprint density at radius 2 is 2.00 bits per heavy atom. The number of hydrogen-bond donors (Lipinski definition) is 1. The molecule has 0 saturated heterocycles. The minimum atomic E-state index is -2.48. The van der Waals surface area contributed by atoms with Crippen molar-refractivity contribution >= 4 is 20.6 Å². The van der Waals surface area contributed by atoms with Gasteiger partial charge in [0.25, 0.3) is 0 Å². The second-order valence-corrected chi connectivity index (χ2v) is 8.46. The number of nitrogens with one attached hydrogen (secondary N) is 1. The van der Waals surface area contributed by atoms with Crippen molar-refractivity contribution in [2.75, 3.05) is 12.9 Å². The number of aryl methyl sites for hydroxylation is 1. The highest BCUT2D eigenvalue weighted by molar-refractivity contribution is 7.91. The summed E-state index contributed by atoms with van der Waals surface area (Å²) in [6.07, 6.45) is 2.52. The maximum absolute atomic E-state index is 12.1. The molecule has 2 aromatic carbocycles. The van der Waals surface area contributed by atoms with E-state index < -0.39 is 9.73 Å². The van der Waals surface area contributed by atoms with Gasteiger partial charge in [0, 0.05) is 33.1 Å². The van der Waals surface area contributed by atoms with E-state index in [1.54, 1.807) is 13.3 Å². The normalized spacial score (nSPS) is 19.9. The van der Waals surface area contributed by atoms with Crippen LogP contribution in [0.5, 0.6) is 5.75 Å². The molecule has 0 spiro atoms. The van der Waals surface area contributed by atoms with Crippen LogP contribution >= 0.6 is 0 Å². The van der Waals surface area contributed by atoms with Crippen LogP contribution in [0.1, 0.15) is 11.1 Å². The van der Waals surface area contributed by atoms with Crippen LogP contribution in [0.15, 0.2) is 48.7 Å². The van der Waals surface area contributed by atoms with E-state index in [9.17, 15) is 4.21 Å². The van der Waals surface area contributed by atoms with E-state index in [0.717, 1.165) is 39.8 Å². The molecule has 1 aliphatic rings. The fraction of sp³-hybridized carbons (Fsp3) is 0.211. The molecule has 24 heavy (non-hydrogen) atoms. The van der Waals surface area contributed by atoms with Crippen LogP contribution in [-0.2, 0) is 21.9 Å². The van der Waals surface area contributed by atoms with Crippen molar-refractivity contribution in [3.8, 4) is 16.9 Å². The largest absolute Gasteiger partial charge is 0.497 e. The van der Waals surface area contributed by atoms with Gasteiger partial charge >= 0.3 is 0 Å². The van der Waals surface area contributed by atoms with Gasteiger partial charge in [-0.2, -0.15) is 0 Å². The molecule has 1 aromatic heterocycles. The lowest BCUT2D eigenvalue weighted by Gasteiger charge is -2.19. The summed E-state index contributed by atoms with van der Waals surface area (Å²) in [6, 6.07) is 14.2. The van der Waals surface area contributed by atoms with Crippen LogP contribution < -0.4 is 4.74 Å². The Morgan fingerprint density at radius 1 is 1.12 bits per heavy atom. The second kappa shape index (κ2) is 5.60. The lowest BCUT2D eigenvalue weighted by molar-refractivity contribution is 0.415. The maximum Gasteiger partial charge on any atom is 0.121 e. The number of ether oxygens (including phenoxy) is 1. The zero-order chi connectivity index (χ0) is 16.7. The average molecular weight is 338 g/mol. The first kappa shape index (κ1) is 15.1. The SMILES string of the molecule is COc1ccc2c(-c3ccc4c(c3)CS(=N)(=O)CC4)ccnc2c1. The van der Waals surface area contributed by atoms with E-state index in [-0.39, 0.29) is 0 Å². The molecule has 0 radical (unpaired) electrons. The molecular weight excluding hydrogens is 320 g/mol. The quantitative estimate of drug-likeness (QED) is 0.768. The number of rotatable bonds is 2. The summed E-state index contributed by atoms with van der Waals surface area (Å²) >= 11 is 0. The maximum atomic E-state index is 12.1. The third-order valence-corrected chi connectivity index (χ3v) is 6.20. The van der Waals surface area contributed by atoms with Crippen LogP contribution in [0.2, 0.25) is 0 Å². The Balaban J connectivity index is 1.86. The van der Waals surface area contributed by atoms with E-state index in [4.69, 9.17) is 9.52 Å². The van der Waals surface area contributed by atoms with Crippen LogP contribution in [0.3, 0.4) is 0 Å². The predicted molar refractivity (Wildman–Crippen MR) is 96.9 cm³/mol. The summed E-state index contributed by atoms with van der Waals surface area (Å²) in [6.45, 7) is 0. The summed E-state index contributed by atoms with van der Waals surface area (Å²) in [4.78, 5) is 4.43. The van der Waals surface area contributed by atoms with Gasteiger partial charge in [-0.05, 0) is 52.9 Å². The number of fused-ring (bicyclic) bond motifs is 2. The van der Waals surface area contributed by atoms with Gasteiger partial charge in [0.2, 0.25) is 0 Å². The number of nitrogens with zero attached hydrogens (tertiary/aromatic N) is 1. The van der Waals surface area contributed by atoms with Gasteiger partial charge in [0.1, 0.15) is 5.75 Å². The lowest BCUT2D eigenvalue weighted by Crippen LogP contribution is -2.17. The summed E-state index contributed by atoms with van der Waals surface area (Å²) in [5, 5.41) is 1.06. The molecule has 1 aliphatic heterocycles. The fourth-order valence-electron chi connectivity index (χ4n) is 3.28. The van der Waals surface area contributed by atoms with Gasteiger partial charge < -0.3 is 4.74 Å². The van der Waals surface area contributed by atoms with E-state index in [0.29, 0.717) is 11.5 Å². The molecule has 122 valence electrons. The van der Waals surface area contributed by atoms with Crippen LogP contribution in [0.4, 0.5) is 0 Å². The molecule has 4 nitrogen and oxygen atoms in total. The summed E-state index contributed by atoms with van der Waals surface area (Å²) in [5.41, 5.74) is 5.30. The smallest absolute Gasteiger partial charge is 0.121 e. The first-order chi connectivity index (χ1) is 11.6. The molecule has 1 atom stereocenters. The molecule has 3 aromatic rings. The Labute approximate surface area is 141 Å². The fourth-order valence-corrected chi connectivity index (χ4v) is 4.74. The summed E-state index contributed by atoms with van der Waals surface area (Å²) in [7, 11) is -0.830. The van der Waals surface area contributed by atoms with Gasteiger partial charge in [0.05, 0.1) is 18.4 Å². The molecule has 1 N–H and O–H groups in total. The molecule has 0 saturated carbocycles. The molecule has 0 amide bonds. The molecular formula is C19H18N2O2S. The lowest BCUT2D eigenvalue weighted by atomic mass is 9.96. The topological polar surface area (TPSA) is 63.0 Å². The first-order valence-electron chi connectivity index (χ1n) is 7.85. The monoisotopic (exact) mass is 338 g/mol. The summed E-state index contributed by atoms with van der Waals surface area (Å²) in [5.74, 6) is 1.61. The molecule has 0 bridgehead atoms. The second-order valence-electron chi connectivity index (χ2n) is 6.14. The predicted octanol–water partition coefficient (Wildman–Crippen LogP) is 4.01. The van der Waals surface area contributed by atoms with Crippen molar-refractivity contribution in [2.45, 2.75) is 12.2 Å². The highest BCUT2D eigenvalue weighted by Gasteiger charge is 2.19. The minimum Gasteiger partial charge on any atom is -0.497 e. The van der Waals surface area contributed by atoms with Crippen LogP contribution in [0.25, 0.3) is 22.0 Å². The van der Waals surface area contributed by atoms with Gasteiger partial charge in [-0.25, -0.2) is 4.21 Å². The standard InChI is InChI=1S/C19H18N2O2S/c1-23-16-4-5-18-17(6-8-21-19(18)11-16)14-3-2-13-7-9-24(20,22)12-15(13)10-14/h2-6,8,10-11,20H,7,9,12H2,1H3. The Bertz CT molecular complexity index is 1040. The highest BCUT2D eigenvalue weighted by atomic mass is 32.2. The molecule has 4 rings (SSSR count). The van der Waals surface area contributed by atoms with Crippen molar-refractivity contribution in [1.29, 1.82) is 4.78 Å². The van der Waals surface area contributed by atoms with Crippen molar-refractivity contribution in [1.82, 2.24) is 4.98 Å². The number of hydrogen-bond acceptors (Lipinski definition) is 4. The van der Waals surface area contributed by atoms with Crippen molar-refractivity contribution in [3.63, 3.8) is 0 Å². The van der Waals surface area contributed by atoms with Crippen LogP contribution in [-0.4, -0.2) is 22.1 Å². The number of benzene rings is 2. The number of aromatic nitrogens is 1. The molecule has 2 heterocycles. The van der Waals surface area contributed by atoms with Crippen molar-refractivity contribution in [3.05, 3.63) is 59.8 Å². The van der Waals surface area contributed by atoms with Gasteiger partial charge in [-0.3, -0.25) is 9.76 Å². The Kier molecular flexibility index (Phi) is 3.53. The van der Waals surface area contributed by atoms with E-state index in [2.05, 4.69) is 23.2 Å². The zero-order valence-electron chi connectivity index (χ0n) is 13.4. The van der Waals surface area contributed by atoms with E-state index >= 15 is 0 Å². The van der Waals surface area contributed by atoms with Gasteiger partial charge in [-0.15, -0.1) is 0 Å². The third-order valence-electron chi connectivity index (χ3n) is 4.56. The number of pyridine rings is 1. The molecule has 5 heteroatoms. The third kappa shape index (κ3) is 2.65. The van der Waals surface area contributed by atoms with Gasteiger partial charge in [-0.1, -0.05) is 12.1 Å². The van der Waals surface area contributed by atoms with Gasteiger partial charge in [0.15, 0.2) is 0 Å².